The predicted molar refractivity (Wildman–Crippen MR) is 64.8 cm³/mol. The van der Waals surface area contributed by atoms with Gasteiger partial charge >= 0.3 is 0 Å². The third kappa shape index (κ3) is 2.62. The summed E-state index contributed by atoms with van der Waals surface area (Å²) in [5, 5.41) is 3.46. The second-order valence-electron chi connectivity index (χ2n) is 5.03. The van der Waals surface area contributed by atoms with Crippen LogP contribution in [0.5, 0.6) is 0 Å². The molecule has 0 heterocycles. The molecule has 1 N–H and O–H groups in total. The lowest BCUT2D eigenvalue weighted by atomic mass is 10.0. The first-order valence-corrected chi connectivity index (χ1v) is 6.11. The Morgan fingerprint density at radius 2 is 2.12 bits per heavy atom. The second kappa shape index (κ2) is 4.54. The van der Waals surface area contributed by atoms with Crippen molar-refractivity contribution in [1.82, 2.24) is 5.32 Å². The largest absolute Gasteiger partial charge is 0.312 e. The monoisotopic (exact) mass is 221 g/mol. The fourth-order valence-electron chi connectivity index (χ4n) is 2.12. The van der Waals surface area contributed by atoms with Crippen LogP contribution in [0, 0.1) is 18.2 Å². The maximum atomic E-state index is 13.1. The van der Waals surface area contributed by atoms with E-state index in [0.717, 1.165) is 24.2 Å². The van der Waals surface area contributed by atoms with Crippen molar-refractivity contribution >= 4 is 0 Å². The van der Waals surface area contributed by atoms with E-state index in [1.54, 1.807) is 6.07 Å². The third-order valence-corrected chi connectivity index (χ3v) is 3.83. The molecule has 0 atom stereocenters. The number of aryl methyl sites for hydroxylation is 1. The molecule has 88 valence electrons. The molecule has 1 aliphatic carbocycles. The summed E-state index contributed by atoms with van der Waals surface area (Å²) in [4.78, 5) is 0. The van der Waals surface area contributed by atoms with Gasteiger partial charge in [0, 0.05) is 13.1 Å². The third-order valence-electron chi connectivity index (χ3n) is 3.83. The van der Waals surface area contributed by atoms with E-state index in [9.17, 15) is 4.39 Å². The molecule has 2 heteroatoms. The Balaban J connectivity index is 1.87. The van der Waals surface area contributed by atoms with Gasteiger partial charge in [0.25, 0.3) is 0 Å². The van der Waals surface area contributed by atoms with Crippen LogP contribution in [0.2, 0.25) is 0 Å². The van der Waals surface area contributed by atoms with Gasteiger partial charge in [-0.05, 0) is 54.9 Å². The molecule has 0 aliphatic heterocycles. The SMILES string of the molecule is CCC1(CNCc2cc(F)ccc2C)CC1. The summed E-state index contributed by atoms with van der Waals surface area (Å²) >= 11 is 0. The predicted octanol–water partition coefficient (Wildman–Crippen LogP) is 3.41. The molecule has 0 aromatic heterocycles. The van der Waals surface area contributed by atoms with E-state index in [4.69, 9.17) is 0 Å². The van der Waals surface area contributed by atoms with E-state index in [1.807, 2.05) is 13.0 Å². The fourth-order valence-corrected chi connectivity index (χ4v) is 2.12. The van der Waals surface area contributed by atoms with Gasteiger partial charge in [-0.3, -0.25) is 0 Å². The Kier molecular flexibility index (Phi) is 3.29. The molecule has 1 aliphatic rings. The minimum absolute atomic E-state index is 0.140. The van der Waals surface area contributed by atoms with Crippen LogP contribution in [0.1, 0.15) is 37.3 Å². The number of halogens is 1. The van der Waals surface area contributed by atoms with Crippen LogP contribution in [-0.4, -0.2) is 6.54 Å². The van der Waals surface area contributed by atoms with Crippen molar-refractivity contribution in [3.8, 4) is 0 Å². The summed E-state index contributed by atoms with van der Waals surface area (Å²) in [6.07, 6.45) is 3.94. The molecule has 1 aromatic rings. The van der Waals surface area contributed by atoms with Gasteiger partial charge in [-0.2, -0.15) is 0 Å². The lowest BCUT2D eigenvalue weighted by molar-refractivity contribution is 0.443. The van der Waals surface area contributed by atoms with E-state index in [1.165, 1.54) is 25.3 Å². The van der Waals surface area contributed by atoms with E-state index in [-0.39, 0.29) is 5.82 Å². The van der Waals surface area contributed by atoms with Crippen LogP contribution in [0.25, 0.3) is 0 Å². The standard InChI is InChI=1S/C14H20FN/c1-3-14(6-7-14)10-16-9-12-8-13(15)5-4-11(12)2/h4-5,8,16H,3,6-7,9-10H2,1-2H3. The van der Waals surface area contributed by atoms with Gasteiger partial charge in [0.05, 0.1) is 0 Å². The maximum absolute atomic E-state index is 13.1. The number of hydrogen-bond acceptors (Lipinski definition) is 1. The van der Waals surface area contributed by atoms with Crippen molar-refractivity contribution in [3.63, 3.8) is 0 Å². The molecule has 0 radical (unpaired) electrons. The average molecular weight is 221 g/mol. The first kappa shape index (κ1) is 11.6. The number of rotatable bonds is 5. The van der Waals surface area contributed by atoms with Crippen LogP contribution >= 0.6 is 0 Å². The first-order valence-electron chi connectivity index (χ1n) is 6.11. The summed E-state index contributed by atoms with van der Waals surface area (Å²) < 4.78 is 13.1. The van der Waals surface area contributed by atoms with Gasteiger partial charge < -0.3 is 5.32 Å². The topological polar surface area (TPSA) is 12.0 Å². The molecular weight excluding hydrogens is 201 g/mol. The molecule has 1 nitrogen and oxygen atoms in total. The van der Waals surface area contributed by atoms with Crippen molar-refractivity contribution in [1.29, 1.82) is 0 Å². The first-order chi connectivity index (χ1) is 7.65. The zero-order chi connectivity index (χ0) is 11.6. The average Bonchev–Trinajstić information content (AvgIpc) is 3.04. The summed E-state index contributed by atoms with van der Waals surface area (Å²) in [5.41, 5.74) is 2.79. The lowest BCUT2D eigenvalue weighted by Crippen LogP contribution is -2.23. The molecule has 16 heavy (non-hydrogen) atoms. The highest BCUT2D eigenvalue weighted by Gasteiger charge is 2.39. The Labute approximate surface area is 97.1 Å². The van der Waals surface area contributed by atoms with Crippen LogP contribution < -0.4 is 5.32 Å². The van der Waals surface area contributed by atoms with Crippen molar-refractivity contribution in [3.05, 3.63) is 35.1 Å². The van der Waals surface area contributed by atoms with E-state index >= 15 is 0 Å². The molecule has 0 spiro atoms. The van der Waals surface area contributed by atoms with E-state index in [2.05, 4.69) is 12.2 Å². The summed E-state index contributed by atoms with van der Waals surface area (Å²) in [7, 11) is 0. The van der Waals surface area contributed by atoms with Crippen molar-refractivity contribution < 1.29 is 4.39 Å². The van der Waals surface area contributed by atoms with Crippen LogP contribution in [0.3, 0.4) is 0 Å². The molecule has 2 rings (SSSR count). The van der Waals surface area contributed by atoms with Crippen LogP contribution in [0.4, 0.5) is 4.39 Å². The maximum Gasteiger partial charge on any atom is 0.123 e. The summed E-state index contributed by atoms with van der Waals surface area (Å²) in [6, 6.07) is 5.00. The molecule has 0 bridgehead atoms. The Bertz CT molecular complexity index is 369. The summed E-state index contributed by atoms with van der Waals surface area (Å²) in [6.45, 7) is 6.13. The van der Waals surface area contributed by atoms with E-state index < -0.39 is 0 Å². The molecule has 0 unspecified atom stereocenters. The fraction of sp³-hybridized carbons (Fsp3) is 0.571. The number of benzene rings is 1. The zero-order valence-electron chi connectivity index (χ0n) is 10.1. The molecule has 0 saturated heterocycles. The Hall–Kier alpha value is -0.890. The highest BCUT2D eigenvalue weighted by Crippen LogP contribution is 2.47. The molecule has 1 fully saturated rings. The molecule has 1 saturated carbocycles. The Morgan fingerprint density at radius 1 is 1.38 bits per heavy atom. The van der Waals surface area contributed by atoms with Crippen LogP contribution in [-0.2, 0) is 6.54 Å². The van der Waals surface area contributed by atoms with Gasteiger partial charge in [0.15, 0.2) is 0 Å². The van der Waals surface area contributed by atoms with Gasteiger partial charge in [-0.1, -0.05) is 13.0 Å². The quantitative estimate of drug-likeness (QED) is 0.803. The van der Waals surface area contributed by atoms with Crippen molar-refractivity contribution in [2.24, 2.45) is 5.41 Å². The minimum atomic E-state index is -0.140. The molecular formula is C14H20FN. The smallest absolute Gasteiger partial charge is 0.123 e. The van der Waals surface area contributed by atoms with Gasteiger partial charge in [0.1, 0.15) is 5.82 Å². The van der Waals surface area contributed by atoms with E-state index in [0.29, 0.717) is 5.41 Å². The second-order valence-corrected chi connectivity index (χ2v) is 5.03. The highest BCUT2D eigenvalue weighted by atomic mass is 19.1. The lowest BCUT2D eigenvalue weighted by Gasteiger charge is -2.14. The van der Waals surface area contributed by atoms with Crippen molar-refractivity contribution in [2.75, 3.05) is 6.54 Å². The zero-order valence-corrected chi connectivity index (χ0v) is 10.1. The minimum Gasteiger partial charge on any atom is -0.312 e. The number of nitrogens with one attached hydrogen (secondary N) is 1. The Morgan fingerprint density at radius 3 is 2.75 bits per heavy atom. The van der Waals surface area contributed by atoms with Crippen molar-refractivity contribution in [2.45, 2.75) is 39.7 Å². The van der Waals surface area contributed by atoms with Gasteiger partial charge in [0.2, 0.25) is 0 Å². The molecule has 1 aromatic carbocycles. The normalized spacial score (nSPS) is 17.4. The molecule has 0 amide bonds. The highest BCUT2D eigenvalue weighted by molar-refractivity contribution is 5.26. The van der Waals surface area contributed by atoms with Crippen LogP contribution in [0.15, 0.2) is 18.2 Å². The van der Waals surface area contributed by atoms with Gasteiger partial charge in [-0.25, -0.2) is 4.39 Å². The number of hydrogen-bond donors (Lipinski definition) is 1. The van der Waals surface area contributed by atoms with Gasteiger partial charge in [-0.15, -0.1) is 0 Å². The summed E-state index contributed by atoms with van der Waals surface area (Å²) in [5.74, 6) is -0.140.